The summed E-state index contributed by atoms with van der Waals surface area (Å²) in [5.41, 5.74) is 24.1. The molecule has 13 aromatic rings. The second kappa shape index (κ2) is 21.1. The van der Waals surface area contributed by atoms with E-state index in [4.69, 9.17) is 9.97 Å². The molecule has 0 atom stereocenters. The lowest BCUT2D eigenvalue weighted by Crippen LogP contribution is -2.16. The molecule has 0 spiro atoms. The number of fused-ring (bicyclic) bond motifs is 10. The molecular weight excluding hydrogens is 1150 g/mol. The number of hydrogen-bond donors (Lipinski definition) is 0. The van der Waals surface area contributed by atoms with Gasteiger partial charge in [0.05, 0.1) is 22.1 Å². The molecule has 0 saturated carbocycles. The minimum absolute atomic E-state index is 0.0580. The van der Waals surface area contributed by atoms with Crippen molar-refractivity contribution in [2.45, 2.75) is 209 Å². The maximum absolute atomic E-state index is 5.98. The summed E-state index contributed by atoms with van der Waals surface area (Å²) in [4.78, 5) is 12.0. The van der Waals surface area contributed by atoms with Gasteiger partial charge in [-0.25, -0.2) is 9.97 Å². The van der Waals surface area contributed by atoms with Crippen molar-refractivity contribution in [3.05, 3.63) is 190 Å². The van der Waals surface area contributed by atoms with Crippen LogP contribution < -0.4 is 0 Å². The number of benzene rings is 8. The fraction of sp³-hybridized carbons (Fsp3) is 0.364. The smallest absolute Gasteiger partial charge is 0.0803 e. The standard InChI is InChI=1S/C88H96N2S2/c1-81(2,3)57-29-49(30-58(45-57)82(4,5)6)53-37-65-66-38-54(50-31-59(83(7,8)9)46-60(32-50)84(10,11)12)42-70-75-27-28-76(92-75)72-44-56(52-35-63(87(19,20)21)48-64(36-52)88(22,23)24)40-68-67-39-55(51-33-61(85(13,14)15)47-62(34-51)86(16,17)18)43-71(79(67)90-80(68)72)74-26-25-73(91-74)69(41-53)77(65)89-78(66)70/h25-48H,1-24H3. The molecule has 0 radical (unpaired) electrons. The average molecular weight is 1250 g/mol. The van der Waals surface area contributed by atoms with Crippen molar-refractivity contribution >= 4 is 107 Å². The first kappa shape index (κ1) is 63.5. The van der Waals surface area contributed by atoms with Crippen LogP contribution in [0.3, 0.4) is 0 Å². The van der Waals surface area contributed by atoms with Crippen LogP contribution in [0.1, 0.15) is 211 Å². The van der Waals surface area contributed by atoms with Crippen LogP contribution in [0, 0.1) is 0 Å². The van der Waals surface area contributed by atoms with Gasteiger partial charge >= 0.3 is 0 Å². The molecule has 2 nitrogen and oxygen atoms in total. The number of nitrogens with zero attached hydrogens (tertiary/aromatic N) is 2. The highest BCUT2D eigenvalue weighted by Crippen LogP contribution is 2.48. The topological polar surface area (TPSA) is 25.8 Å². The lowest BCUT2D eigenvalue weighted by atomic mass is 9.78. The van der Waals surface area contributed by atoms with Gasteiger partial charge in [0, 0.05) is 61.9 Å². The van der Waals surface area contributed by atoms with E-state index in [0.717, 1.165) is 43.6 Å². The molecule has 0 fully saturated rings. The van der Waals surface area contributed by atoms with Gasteiger partial charge in [-0.05, 0) is 205 Å². The first-order valence-electron chi connectivity index (χ1n) is 33.6. The maximum atomic E-state index is 5.98. The van der Waals surface area contributed by atoms with Crippen molar-refractivity contribution in [1.82, 2.24) is 9.97 Å². The molecule has 0 N–H and O–H groups in total. The Hall–Kier alpha value is -7.24. The summed E-state index contributed by atoms with van der Waals surface area (Å²) in [6.07, 6.45) is 0. The van der Waals surface area contributed by atoms with E-state index in [-0.39, 0.29) is 43.3 Å². The van der Waals surface area contributed by atoms with Crippen LogP contribution in [0.25, 0.3) is 128 Å². The van der Waals surface area contributed by atoms with E-state index in [9.17, 15) is 0 Å². The van der Waals surface area contributed by atoms with Crippen LogP contribution in [0.4, 0.5) is 0 Å². The van der Waals surface area contributed by atoms with E-state index in [0.29, 0.717) is 0 Å². The third-order valence-corrected chi connectivity index (χ3v) is 22.0. The van der Waals surface area contributed by atoms with Gasteiger partial charge in [-0.2, -0.15) is 0 Å². The van der Waals surface area contributed by atoms with Gasteiger partial charge in [0.15, 0.2) is 0 Å². The van der Waals surface area contributed by atoms with Gasteiger partial charge in [0.1, 0.15) is 0 Å². The number of aromatic nitrogens is 2. The van der Waals surface area contributed by atoms with Crippen LogP contribution in [-0.2, 0) is 43.3 Å². The van der Waals surface area contributed by atoms with E-state index in [1.807, 2.05) is 22.7 Å². The van der Waals surface area contributed by atoms with Gasteiger partial charge in [-0.3, -0.25) is 0 Å². The van der Waals surface area contributed by atoms with E-state index >= 15 is 0 Å². The average Bonchev–Trinajstić information content (AvgIpc) is 1.54. The first-order valence-corrected chi connectivity index (χ1v) is 35.2. The summed E-state index contributed by atoms with van der Waals surface area (Å²) in [7, 11) is 0. The van der Waals surface area contributed by atoms with Crippen LogP contribution in [0.15, 0.2) is 146 Å². The molecule has 0 saturated heterocycles. The fourth-order valence-electron chi connectivity index (χ4n) is 13.4. The van der Waals surface area contributed by atoms with Crippen molar-refractivity contribution in [1.29, 1.82) is 0 Å². The SMILES string of the molecule is CC(C)(C)c1cc(-c2cc3c4ccc(s4)c4cc(-c5cc(C(C)(C)C)cc(C(C)(C)C)c5)cc5c6cc(-c7cc(C(C)(C)C)cc(C(C)(C)C)c7)cc(c7ccc(s7)c7cc(-c8cc(C(C)(C)C)cc(C(C)(C)C)c8)cc8c(c2)c3nc78)c6nc45)cc(C(C)(C)C)c1. The van der Waals surface area contributed by atoms with Gasteiger partial charge < -0.3 is 0 Å². The number of rotatable bonds is 4. The van der Waals surface area contributed by atoms with Crippen molar-refractivity contribution in [2.75, 3.05) is 0 Å². The molecular formula is C88H96N2S2. The van der Waals surface area contributed by atoms with Crippen LogP contribution in [-0.4, -0.2) is 9.97 Å². The number of thiophene rings is 2. The van der Waals surface area contributed by atoms with Gasteiger partial charge in [-0.1, -0.05) is 239 Å². The molecule has 5 heterocycles. The molecule has 0 aliphatic heterocycles. The quantitative estimate of drug-likeness (QED) is 0.175. The molecule has 4 heteroatoms. The molecule has 0 aliphatic rings. The summed E-state index contributed by atoms with van der Waals surface area (Å²) in [6, 6.07) is 58.8. The molecule has 0 unspecified atom stereocenters. The van der Waals surface area contributed by atoms with Crippen LogP contribution in [0.2, 0.25) is 0 Å². The summed E-state index contributed by atoms with van der Waals surface area (Å²) >= 11 is 3.75. The first-order chi connectivity index (χ1) is 42.5. The Morgan fingerprint density at radius 3 is 0.478 bits per heavy atom. The van der Waals surface area contributed by atoms with Crippen molar-refractivity contribution in [3.63, 3.8) is 0 Å². The highest BCUT2D eigenvalue weighted by atomic mass is 32.1. The predicted octanol–water partition coefficient (Wildman–Crippen LogP) is 26.9. The maximum Gasteiger partial charge on any atom is 0.0803 e. The summed E-state index contributed by atoms with van der Waals surface area (Å²) in [6.45, 7) is 56.3. The highest BCUT2D eigenvalue weighted by molar-refractivity contribution is 7.25. The monoisotopic (exact) mass is 1240 g/mol. The second-order valence-corrected chi connectivity index (χ2v) is 37.6. The Morgan fingerprint density at radius 2 is 0.326 bits per heavy atom. The van der Waals surface area contributed by atoms with E-state index in [2.05, 4.69) is 312 Å². The lowest BCUT2D eigenvalue weighted by molar-refractivity contribution is 0.568. The molecule has 470 valence electrons. The third kappa shape index (κ3) is 11.6. The Morgan fingerprint density at radius 1 is 0.185 bits per heavy atom. The van der Waals surface area contributed by atoms with Crippen LogP contribution >= 0.6 is 22.7 Å². The normalized spacial score (nSPS) is 13.7. The van der Waals surface area contributed by atoms with Gasteiger partial charge in [-0.15, -0.1) is 22.7 Å². The molecule has 13 rings (SSSR count). The van der Waals surface area contributed by atoms with Crippen molar-refractivity contribution in [2.24, 2.45) is 0 Å². The Bertz CT molecular complexity index is 4430. The van der Waals surface area contributed by atoms with Gasteiger partial charge in [0.25, 0.3) is 0 Å². The minimum atomic E-state index is -0.0580. The summed E-state index contributed by atoms with van der Waals surface area (Å²) in [5, 5.41) is 9.31. The highest BCUT2D eigenvalue weighted by Gasteiger charge is 2.28. The zero-order valence-corrected chi connectivity index (χ0v) is 61.2. The van der Waals surface area contributed by atoms with Gasteiger partial charge in [0.2, 0.25) is 0 Å². The zero-order chi connectivity index (χ0) is 66.3. The Kier molecular flexibility index (Phi) is 14.6. The fourth-order valence-corrected chi connectivity index (χ4v) is 15.5. The third-order valence-electron chi connectivity index (χ3n) is 19.7. The number of hydrogen-bond acceptors (Lipinski definition) is 4. The van der Waals surface area contributed by atoms with E-state index < -0.39 is 0 Å². The van der Waals surface area contributed by atoms with E-state index in [1.54, 1.807) is 0 Å². The lowest BCUT2D eigenvalue weighted by Gasteiger charge is -2.26. The second-order valence-electron chi connectivity index (χ2n) is 35.4. The van der Waals surface area contributed by atoms with Crippen molar-refractivity contribution in [3.8, 4) is 44.5 Å². The zero-order valence-electron chi connectivity index (χ0n) is 59.6. The van der Waals surface area contributed by atoms with Crippen LogP contribution in [0.5, 0.6) is 0 Å². The van der Waals surface area contributed by atoms with Crippen molar-refractivity contribution < 1.29 is 0 Å². The molecule has 5 aromatic heterocycles. The molecule has 8 bridgehead atoms. The molecule has 8 aromatic carbocycles. The Labute approximate surface area is 557 Å². The predicted molar refractivity (Wildman–Crippen MR) is 409 cm³/mol. The molecule has 0 amide bonds. The largest absolute Gasteiger partial charge is 0.246 e. The van der Waals surface area contributed by atoms with E-state index in [1.165, 1.54) is 129 Å². The molecule has 92 heavy (non-hydrogen) atoms. The summed E-state index contributed by atoms with van der Waals surface area (Å²) < 4.78 is 4.75. The minimum Gasteiger partial charge on any atom is -0.246 e. The molecule has 0 aliphatic carbocycles. The summed E-state index contributed by atoms with van der Waals surface area (Å²) in [5.74, 6) is 0. The Balaban J connectivity index is 1.25.